The molecule has 0 radical (unpaired) electrons. The first-order valence-corrected chi connectivity index (χ1v) is 7.36. The minimum absolute atomic E-state index is 0.148. The molecule has 0 aromatic carbocycles. The molecule has 0 saturated carbocycles. The molecule has 17 heavy (non-hydrogen) atoms. The Kier molecular flexibility index (Phi) is 4.56. The lowest BCUT2D eigenvalue weighted by molar-refractivity contribution is 0.0386. The maximum absolute atomic E-state index is 9.80. The van der Waals surface area contributed by atoms with Crippen molar-refractivity contribution in [2.75, 3.05) is 13.1 Å². The maximum Gasteiger partial charge on any atom is 0.0667 e. The fourth-order valence-corrected chi connectivity index (χ4v) is 3.32. The van der Waals surface area contributed by atoms with Gasteiger partial charge in [0.05, 0.1) is 12.1 Å². The average Bonchev–Trinajstić information content (AvgIpc) is 2.83. The fraction of sp³-hybridized carbons (Fsp3) is 0.692. The van der Waals surface area contributed by atoms with E-state index in [2.05, 4.69) is 28.7 Å². The highest BCUT2D eigenvalue weighted by atomic mass is 32.1. The smallest absolute Gasteiger partial charge is 0.0667 e. The van der Waals surface area contributed by atoms with Gasteiger partial charge in [-0.3, -0.25) is 4.90 Å². The molecule has 3 nitrogen and oxygen atoms in total. The van der Waals surface area contributed by atoms with E-state index in [1.165, 1.54) is 5.56 Å². The fourth-order valence-electron chi connectivity index (χ4n) is 2.63. The van der Waals surface area contributed by atoms with Crippen LogP contribution in [0.1, 0.15) is 37.8 Å². The van der Waals surface area contributed by atoms with Crippen molar-refractivity contribution in [2.45, 2.75) is 44.4 Å². The molecular weight excluding hydrogens is 232 g/mol. The molecule has 96 valence electrons. The van der Waals surface area contributed by atoms with Crippen LogP contribution in [0.3, 0.4) is 0 Å². The third-order valence-corrected chi connectivity index (χ3v) is 4.28. The highest BCUT2D eigenvalue weighted by molar-refractivity contribution is 7.07. The van der Waals surface area contributed by atoms with E-state index in [1.54, 1.807) is 11.3 Å². The minimum atomic E-state index is -0.186. The van der Waals surface area contributed by atoms with E-state index in [9.17, 15) is 5.11 Å². The zero-order valence-corrected chi connectivity index (χ0v) is 11.2. The van der Waals surface area contributed by atoms with Crippen LogP contribution in [-0.2, 0) is 0 Å². The predicted molar refractivity (Wildman–Crippen MR) is 72.1 cm³/mol. The first-order valence-electron chi connectivity index (χ1n) is 6.42. The summed E-state index contributed by atoms with van der Waals surface area (Å²) in [5, 5.41) is 14.1. The van der Waals surface area contributed by atoms with Gasteiger partial charge in [0.1, 0.15) is 0 Å². The van der Waals surface area contributed by atoms with Crippen molar-refractivity contribution in [2.24, 2.45) is 5.73 Å². The van der Waals surface area contributed by atoms with Crippen LogP contribution in [0.15, 0.2) is 16.8 Å². The molecule has 1 aliphatic rings. The molecule has 1 aromatic heterocycles. The molecule has 1 fully saturated rings. The number of aliphatic hydroxyl groups excluding tert-OH is 1. The number of hydrogen-bond acceptors (Lipinski definition) is 4. The molecule has 3 N–H and O–H groups in total. The van der Waals surface area contributed by atoms with Gasteiger partial charge in [-0.15, -0.1) is 0 Å². The first kappa shape index (κ1) is 13.0. The van der Waals surface area contributed by atoms with Crippen molar-refractivity contribution in [3.8, 4) is 0 Å². The summed E-state index contributed by atoms with van der Waals surface area (Å²) < 4.78 is 0. The number of likely N-dealkylation sites (tertiary alicyclic amines) is 1. The zero-order valence-electron chi connectivity index (χ0n) is 10.4. The SMILES string of the molecule is CCC(N)C(c1ccsc1)N1CCCC(O)C1. The summed E-state index contributed by atoms with van der Waals surface area (Å²) in [7, 11) is 0. The van der Waals surface area contributed by atoms with Crippen molar-refractivity contribution in [3.05, 3.63) is 22.4 Å². The summed E-state index contributed by atoms with van der Waals surface area (Å²) in [4.78, 5) is 2.35. The van der Waals surface area contributed by atoms with E-state index in [0.717, 1.165) is 32.4 Å². The van der Waals surface area contributed by atoms with Gasteiger partial charge in [0.25, 0.3) is 0 Å². The normalized spacial score (nSPS) is 25.7. The molecule has 2 heterocycles. The molecule has 0 aliphatic carbocycles. The second kappa shape index (κ2) is 5.96. The van der Waals surface area contributed by atoms with Crippen LogP contribution >= 0.6 is 11.3 Å². The van der Waals surface area contributed by atoms with Gasteiger partial charge in [-0.25, -0.2) is 0 Å². The Labute approximate surface area is 107 Å². The predicted octanol–water partition coefficient (Wildman–Crippen LogP) is 1.98. The number of thiophene rings is 1. The van der Waals surface area contributed by atoms with Crippen LogP contribution in [-0.4, -0.2) is 35.2 Å². The monoisotopic (exact) mass is 254 g/mol. The van der Waals surface area contributed by atoms with Crippen LogP contribution in [0.25, 0.3) is 0 Å². The number of β-amino-alcohol motifs (C(OH)–C–C–N with tert-alkyl or cyclic N) is 1. The van der Waals surface area contributed by atoms with Crippen molar-refractivity contribution in [3.63, 3.8) is 0 Å². The Hall–Kier alpha value is -0.420. The number of rotatable bonds is 4. The maximum atomic E-state index is 9.80. The van der Waals surface area contributed by atoms with Crippen LogP contribution in [0.2, 0.25) is 0 Å². The molecule has 0 bridgehead atoms. The molecule has 2 rings (SSSR count). The lowest BCUT2D eigenvalue weighted by Gasteiger charge is -2.39. The topological polar surface area (TPSA) is 49.5 Å². The van der Waals surface area contributed by atoms with Crippen molar-refractivity contribution < 1.29 is 5.11 Å². The Balaban J connectivity index is 2.15. The molecule has 0 spiro atoms. The van der Waals surface area contributed by atoms with E-state index in [1.807, 2.05) is 0 Å². The van der Waals surface area contributed by atoms with E-state index >= 15 is 0 Å². The molecule has 3 unspecified atom stereocenters. The second-order valence-electron chi connectivity index (χ2n) is 4.86. The van der Waals surface area contributed by atoms with Gasteiger partial charge in [0, 0.05) is 12.6 Å². The molecular formula is C13H22N2OS. The molecule has 4 heteroatoms. The summed E-state index contributed by atoms with van der Waals surface area (Å²) in [6.45, 7) is 3.93. The summed E-state index contributed by atoms with van der Waals surface area (Å²) in [5.41, 5.74) is 7.57. The number of hydrogen-bond donors (Lipinski definition) is 2. The number of piperidine rings is 1. The van der Waals surface area contributed by atoms with Gasteiger partial charge >= 0.3 is 0 Å². The Bertz CT molecular complexity index is 328. The molecule has 1 aromatic rings. The molecule has 3 atom stereocenters. The molecule has 1 aliphatic heterocycles. The van der Waals surface area contributed by atoms with Crippen LogP contribution in [0.5, 0.6) is 0 Å². The average molecular weight is 254 g/mol. The second-order valence-corrected chi connectivity index (χ2v) is 5.64. The Morgan fingerprint density at radius 2 is 2.47 bits per heavy atom. The van der Waals surface area contributed by atoms with Gasteiger partial charge in [-0.2, -0.15) is 11.3 Å². The summed E-state index contributed by atoms with van der Waals surface area (Å²) in [6.07, 6.45) is 2.77. The number of nitrogens with zero attached hydrogens (tertiary/aromatic N) is 1. The van der Waals surface area contributed by atoms with E-state index in [-0.39, 0.29) is 18.2 Å². The third kappa shape index (κ3) is 3.07. The van der Waals surface area contributed by atoms with Gasteiger partial charge in [0.2, 0.25) is 0 Å². The largest absolute Gasteiger partial charge is 0.392 e. The minimum Gasteiger partial charge on any atom is -0.392 e. The van der Waals surface area contributed by atoms with Gasteiger partial charge in [-0.1, -0.05) is 6.92 Å². The van der Waals surface area contributed by atoms with Crippen molar-refractivity contribution in [1.29, 1.82) is 0 Å². The Morgan fingerprint density at radius 1 is 1.65 bits per heavy atom. The van der Waals surface area contributed by atoms with Gasteiger partial charge in [0.15, 0.2) is 0 Å². The van der Waals surface area contributed by atoms with Gasteiger partial charge < -0.3 is 10.8 Å². The lowest BCUT2D eigenvalue weighted by Crippen LogP contribution is -2.46. The highest BCUT2D eigenvalue weighted by Crippen LogP contribution is 2.29. The summed E-state index contributed by atoms with van der Waals surface area (Å²) >= 11 is 1.72. The summed E-state index contributed by atoms with van der Waals surface area (Å²) in [5.74, 6) is 0. The standard InChI is InChI=1S/C13H22N2OS/c1-2-12(14)13(10-5-7-17-9-10)15-6-3-4-11(16)8-15/h5,7,9,11-13,16H,2-4,6,8,14H2,1H3. The first-order chi connectivity index (χ1) is 8.22. The van der Waals surface area contributed by atoms with Gasteiger partial charge in [-0.05, 0) is 48.2 Å². The third-order valence-electron chi connectivity index (χ3n) is 3.58. The van der Waals surface area contributed by atoms with E-state index < -0.39 is 0 Å². The quantitative estimate of drug-likeness (QED) is 0.864. The van der Waals surface area contributed by atoms with Crippen molar-refractivity contribution in [1.82, 2.24) is 4.90 Å². The molecule has 0 amide bonds. The van der Waals surface area contributed by atoms with Crippen molar-refractivity contribution >= 4 is 11.3 Å². The number of aliphatic hydroxyl groups is 1. The van der Waals surface area contributed by atoms with E-state index in [4.69, 9.17) is 5.73 Å². The van der Waals surface area contributed by atoms with Crippen LogP contribution < -0.4 is 5.73 Å². The van der Waals surface area contributed by atoms with Crippen LogP contribution in [0.4, 0.5) is 0 Å². The summed E-state index contributed by atoms with van der Waals surface area (Å²) in [6, 6.07) is 2.57. The number of nitrogens with two attached hydrogens (primary N) is 1. The Morgan fingerprint density at radius 3 is 3.06 bits per heavy atom. The highest BCUT2D eigenvalue weighted by Gasteiger charge is 2.29. The lowest BCUT2D eigenvalue weighted by atomic mass is 9.95. The van der Waals surface area contributed by atoms with Crippen LogP contribution in [0, 0.1) is 0 Å². The molecule has 1 saturated heterocycles. The zero-order chi connectivity index (χ0) is 12.3. The van der Waals surface area contributed by atoms with E-state index in [0.29, 0.717) is 0 Å².